The van der Waals surface area contributed by atoms with Crippen molar-refractivity contribution < 1.29 is 4.79 Å². The number of rotatable bonds is 4. The Kier molecular flexibility index (Phi) is 5.02. The van der Waals surface area contributed by atoms with Gasteiger partial charge in [0.2, 0.25) is 0 Å². The lowest BCUT2D eigenvalue weighted by Crippen LogP contribution is -2.41. The van der Waals surface area contributed by atoms with Crippen LogP contribution in [0.2, 0.25) is 0 Å². The van der Waals surface area contributed by atoms with E-state index in [2.05, 4.69) is 27.4 Å². The molecule has 1 aromatic heterocycles. The van der Waals surface area contributed by atoms with Crippen LogP contribution in [0.25, 0.3) is 0 Å². The molecule has 0 unspecified atom stereocenters. The van der Waals surface area contributed by atoms with Gasteiger partial charge in [-0.05, 0) is 30.4 Å². The standard InChI is InChI=1S/C18H23N5O2/c1-23(14-8-4-6-12-5-2-3-7-13(12)14)18(25)20-10-9-16-21-15(19)11-17(24)22-16/h2-3,5,7,11,14H,4,6,8-10H2,1H3,(H,20,25)(H3,19,21,22,24)/t14-/m0/s1. The van der Waals surface area contributed by atoms with Crippen LogP contribution in [-0.2, 0) is 12.8 Å². The quantitative estimate of drug-likeness (QED) is 0.786. The van der Waals surface area contributed by atoms with E-state index in [1.54, 1.807) is 4.90 Å². The number of hydrogen-bond acceptors (Lipinski definition) is 4. The highest BCUT2D eigenvalue weighted by atomic mass is 16.2. The summed E-state index contributed by atoms with van der Waals surface area (Å²) in [6.45, 7) is 0.379. The minimum atomic E-state index is -0.287. The average Bonchev–Trinajstić information content (AvgIpc) is 2.59. The van der Waals surface area contributed by atoms with Crippen molar-refractivity contribution in [3.63, 3.8) is 0 Å². The number of nitrogens with two attached hydrogens (primary N) is 1. The number of aromatic nitrogens is 2. The SMILES string of the molecule is CN(C(=O)NCCc1nc(N)cc(=O)[nH]1)[C@H]1CCCc2ccccc21. The first-order chi connectivity index (χ1) is 12.0. The molecule has 0 fully saturated rings. The molecular weight excluding hydrogens is 318 g/mol. The molecule has 0 radical (unpaired) electrons. The van der Waals surface area contributed by atoms with Crippen LogP contribution in [-0.4, -0.2) is 34.5 Å². The molecule has 1 heterocycles. The van der Waals surface area contributed by atoms with E-state index in [0.717, 1.165) is 19.3 Å². The van der Waals surface area contributed by atoms with E-state index in [1.807, 2.05) is 19.2 Å². The Hall–Kier alpha value is -2.83. The Morgan fingerprint density at radius 2 is 2.24 bits per heavy atom. The second-order valence-electron chi connectivity index (χ2n) is 6.32. The molecule has 7 nitrogen and oxygen atoms in total. The summed E-state index contributed by atoms with van der Waals surface area (Å²) >= 11 is 0. The summed E-state index contributed by atoms with van der Waals surface area (Å²) in [5, 5.41) is 2.88. The number of urea groups is 1. The fraction of sp³-hybridized carbons (Fsp3) is 0.389. The van der Waals surface area contributed by atoms with E-state index >= 15 is 0 Å². The molecule has 0 saturated heterocycles. The number of anilines is 1. The van der Waals surface area contributed by atoms with Crippen LogP contribution >= 0.6 is 0 Å². The molecule has 2 aromatic rings. The van der Waals surface area contributed by atoms with E-state index in [-0.39, 0.29) is 23.5 Å². The van der Waals surface area contributed by atoms with Gasteiger partial charge in [0.15, 0.2) is 0 Å². The summed E-state index contributed by atoms with van der Waals surface area (Å²) in [5.41, 5.74) is 7.82. The minimum absolute atomic E-state index is 0.0928. The predicted molar refractivity (Wildman–Crippen MR) is 96.3 cm³/mol. The molecule has 3 rings (SSSR count). The first kappa shape index (κ1) is 17.0. The van der Waals surface area contributed by atoms with Gasteiger partial charge >= 0.3 is 6.03 Å². The second-order valence-corrected chi connectivity index (χ2v) is 6.32. The zero-order valence-electron chi connectivity index (χ0n) is 14.3. The van der Waals surface area contributed by atoms with Gasteiger partial charge in [-0.25, -0.2) is 9.78 Å². The molecule has 4 N–H and O–H groups in total. The lowest BCUT2D eigenvalue weighted by Gasteiger charge is -2.33. The van der Waals surface area contributed by atoms with Crippen molar-refractivity contribution in [2.75, 3.05) is 19.3 Å². The number of aromatic amines is 1. The molecule has 1 atom stereocenters. The largest absolute Gasteiger partial charge is 0.383 e. The van der Waals surface area contributed by atoms with Crippen molar-refractivity contribution in [2.24, 2.45) is 0 Å². The highest BCUT2D eigenvalue weighted by Gasteiger charge is 2.26. The molecule has 0 bridgehead atoms. The van der Waals surface area contributed by atoms with E-state index in [4.69, 9.17) is 5.73 Å². The number of aryl methyl sites for hydroxylation is 1. The maximum atomic E-state index is 12.5. The van der Waals surface area contributed by atoms with Gasteiger partial charge in [0.25, 0.3) is 5.56 Å². The van der Waals surface area contributed by atoms with Gasteiger partial charge in [-0.3, -0.25) is 4.79 Å². The number of amides is 2. The number of hydrogen-bond donors (Lipinski definition) is 3. The number of benzene rings is 1. The van der Waals surface area contributed by atoms with Crippen LogP contribution in [0.5, 0.6) is 0 Å². The Labute approximate surface area is 146 Å². The third-order valence-electron chi connectivity index (χ3n) is 4.57. The van der Waals surface area contributed by atoms with Gasteiger partial charge in [0, 0.05) is 26.1 Å². The third-order valence-corrected chi connectivity index (χ3v) is 4.57. The highest BCUT2D eigenvalue weighted by Crippen LogP contribution is 2.33. The number of carbonyl (C=O) groups excluding carboxylic acids is 1. The van der Waals surface area contributed by atoms with E-state index < -0.39 is 0 Å². The average molecular weight is 341 g/mol. The smallest absolute Gasteiger partial charge is 0.317 e. The number of nitrogens with zero attached hydrogens (tertiary/aromatic N) is 2. The van der Waals surface area contributed by atoms with Crippen LogP contribution < -0.4 is 16.6 Å². The molecule has 0 spiro atoms. The third kappa shape index (κ3) is 3.99. The van der Waals surface area contributed by atoms with Crippen molar-refractivity contribution in [3.8, 4) is 0 Å². The first-order valence-corrected chi connectivity index (χ1v) is 8.49. The first-order valence-electron chi connectivity index (χ1n) is 8.49. The van der Waals surface area contributed by atoms with Gasteiger partial charge in [0.05, 0.1) is 6.04 Å². The van der Waals surface area contributed by atoms with Gasteiger partial charge in [-0.2, -0.15) is 0 Å². The van der Waals surface area contributed by atoms with Crippen molar-refractivity contribution >= 4 is 11.8 Å². The second kappa shape index (κ2) is 7.38. The van der Waals surface area contributed by atoms with Crippen LogP contribution in [0.3, 0.4) is 0 Å². The molecule has 1 aliphatic carbocycles. The van der Waals surface area contributed by atoms with Gasteiger partial charge < -0.3 is 20.9 Å². The highest BCUT2D eigenvalue weighted by molar-refractivity contribution is 5.74. The summed E-state index contributed by atoms with van der Waals surface area (Å²) in [5.74, 6) is 0.650. The van der Waals surface area contributed by atoms with Crippen LogP contribution in [0, 0.1) is 0 Å². The summed E-state index contributed by atoms with van der Waals surface area (Å²) < 4.78 is 0. The topological polar surface area (TPSA) is 104 Å². The zero-order chi connectivity index (χ0) is 17.8. The summed E-state index contributed by atoms with van der Waals surface area (Å²) in [7, 11) is 1.82. The van der Waals surface area contributed by atoms with Crippen LogP contribution in [0.15, 0.2) is 35.1 Å². The summed E-state index contributed by atoms with van der Waals surface area (Å²) in [4.78, 5) is 32.3. The molecule has 7 heteroatoms. The Morgan fingerprint density at radius 1 is 1.44 bits per heavy atom. The number of fused-ring (bicyclic) bond motifs is 1. The Morgan fingerprint density at radius 3 is 3.04 bits per heavy atom. The monoisotopic (exact) mass is 341 g/mol. The molecule has 25 heavy (non-hydrogen) atoms. The molecular formula is C18H23N5O2. The molecule has 0 saturated carbocycles. The molecule has 2 amide bonds. The van der Waals surface area contributed by atoms with Gasteiger partial charge in [0.1, 0.15) is 11.6 Å². The zero-order valence-corrected chi connectivity index (χ0v) is 14.3. The fourth-order valence-electron chi connectivity index (χ4n) is 3.33. The molecule has 1 aromatic carbocycles. The van der Waals surface area contributed by atoms with Crippen LogP contribution in [0.1, 0.15) is 35.8 Å². The van der Waals surface area contributed by atoms with Crippen molar-refractivity contribution in [2.45, 2.75) is 31.7 Å². The number of carbonyl (C=O) groups is 1. The maximum absolute atomic E-state index is 12.5. The van der Waals surface area contributed by atoms with Gasteiger partial charge in [-0.1, -0.05) is 24.3 Å². The number of nitrogen functional groups attached to an aromatic ring is 1. The van der Waals surface area contributed by atoms with Crippen molar-refractivity contribution in [1.29, 1.82) is 0 Å². The lowest BCUT2D eigenvalue weighted by molar-refractivity contribution is 0.184. The predicted octanol–water partition coefficient (Wildman–Crippen LogP) is 1.61. The van der Waals surface area contributed by atoms with Gasteiger partial charge in [-0.15, -0.1) is 0 Å². The van der Waals surface area contributed by atoms with E-state index in [0.29, 0.717) is 18.8 Å². The molecule has 132 valence electrons. The lowest BCUT2D eigenvalue weighted by atomic mass is 9.87. The minimum Gasteiger partial charge on any atom is -0.383 e. The fourth-order valence-corrected chi connectivity index (χ4v) is 3.33. The van der Waals surface area contributed by atoms with Crippen molar-refractivity contribution in [3.05, 3.63) is 57.6 Å². The van der Waals surface area contributed by atoms with E-state index in [1.165, 1.54) is 17.2 Å². The number of nitrogens with one attached hydrogen (secondary N) is 2. The molecule has 1 aliphatic rings. The Bertz CT molecular complexity index is 817. The maximum Gasteiger partial charge on any atom is 0.317 e. The Balaban J connectivity index is 1.59. The van der Waals surface area contributed by atoms with Crippen molar-refractivity contribution in [1.82, 2.24) is 20.2 Å². The number of H-pyrrole nitrogens is 1. The summed E-state index contributed by atoms with van der Waals surface area (Å²) in [6.07, 6.45) is 3.52. The summed E-state index contributed by atoms with van der Waals surface area (Å²) in [6, 6.07) is 9.49. The van der Waals surface area contributed by atoms with Crippen LogP contribution in [0.4, 0.5) is 10.6 Å². The normalized spacial score (nSPS) is 16.1. The molecule has 0 aliphatic heterocycles. The van der Waals surface area contributed by atoms with E-state index in [9.17, 15) is 9.59 Å².